The fraction of sp³-hybridized carbons (Fsp3) is 0.706. The van der Waals surface area contributed by atoms with Gasteiger partial charge in [0.05, 0.1) is 6.33 Å². The molecule has 3 heterocycles. The molecule has 0 saturated carbocycles. The zero-order valence-electron chi connectivity index (χ0n) is 14.4. The SMILES string of the molecule is C[C@@H](Cn1ccnc1)NC(=O)C1CCN(C(=O)N2CCCC2)CC1. The number of urea groups is 1. The molecule has 2 aliphatic rings. The Balaban J connectivity index is 1.42. The molecule has 0 bridgehead atoms. The monoisotopic (exact) mass is 333 g/mol. The number of carbonyl (C=O) groups is 2. The Morgan fingerprint density at radius 1 is 1.17 bits per heavy atom. The van der Waals surface area contributed by atoms with Crippen LogP contribution in [0.1, 0.15) is 32.6 Å². The molecule has 132 valence electrons. The van der Waals surface area contributed by atoms with E-state index in [2.05, 4.69) is 10.3 Å². The number of imidazole rings is 1. The van der Waals surface area contributed by atoms with Crippen LogP contribution in [0.15, 0.2) is 18.7 Å². The first-order valence-corrected chi connectivity index (χ1v) is 8.93. The van der Waals surface area contributed by atoms with Crippen LogP contribution in [0.25, 0.3) is 0 Å². The lowest BCUT2D eigenvalue weighted by Crippen LogP contribution is -2.48. The summed E-state index contributed by atoms with van der Waals surface area (Å²) in [5.41, 5.74) is 0. The Kier molecular flexibility index (Phi) is 5.37. The number of carbonyl (C=O) groups excluding carboxylic acids is 2. The van der Waals surface area contributed by atoms with Gasteiger partial charge in [-0.05, 0) is 32.6 Å². The van der Waals surface area contributed by atoms with Gasteiger partial charge in [0, 0.05) is 57.1 Å². The van der Waals surface area contributed by atoms with E-state index in [4.69, 9.17) is 0 Å². The highest BCUT2D eigenvalue weighted by atomic mass is 16.2. The summed E-state index contributed by atoms with van der Waals surface area (Å²) in [6, 6.07) is 0.218. The summed E-state index contributed by atoms with van der Waals surface area (Å²) in [5.74, 6) is 0.119. The molecule has 7 nitrogen and oxygen atoms in total. The van der Waals surface area contributed by atoms with E-state index in [1.807, 2.05) is 27.5 Å². The third kappa shape index (κ3) is 4.07. The summed E-state index contributed by atoms with van der Waals surface area (Å²) in [5, 5.41) is 3.09. The molecule has 24 heavy (non-hydrogen) atoms. The topological polar surface area (TPSA) is 70.5 Å². The van der Waals surface area contributed by atoms with Crippen molar-refractivity contribution in [2.24, 2.45) is 5.92 Å². The predicted molar refractivity (Wildman–Crippen MR) is 90.3 cm³/mol. The van der Waals surface area contributed by atoms with Crippen molar-refractivity contribution < 1.29 is 9.59 Å². The average molecular weight is 333 g/mol. The highest BCUT2D eigenvalue weighted by Gasteiger charge is 2.30. The minimum absolute atomic E-state index is 0.0119. The van der Waals surface area contributed by atoms with Gasteiger partial charge in [-0.3, -0.25) is 4.79 Å². The molecular formula is C17H27N5O2. The van der Waals surface area contributed by atoms with E-state index in [-0.39, 0.29) is 23.9 Å². The minimum Gasteiger partial charge on any atom is -0.352 e. The van der Waals surface area contributed by atoms with Crippen LogP contribution in [0.2, 0.25) is 0 Å². The van der Waals surface area contributed by atoms with Crippen molar-refractivity contribution in [2.75, 3.05) is 26.2 Å². The second-order valence-corrected chi connectivity index (χ2v) is 6.91. The molecular weight excluding hydrogens is 306 g/mol. The van der Waals surface area contributed by atoms with E-state index < -0.39 is 0 Å². The highest BCUT2D eigenvalue weighted by molar-refractivity contribution is 5.80. The molecule has 2 saturated heterocycles. The van der Waals surface area contributed by atoms with Crippen molar-refractivity contribution in [3.8, 4) is 0 Å². The first-order chi connectivity index (χ1) is 11.6. The summed E-state index contributed by atoms with van der Waals surface area (Å²) >= 11 is 0. The van der Waals surface area contributed by atoms with Gasteiger partial charge in [0.15, 0.2) is 0 Å². The molecule has 1 atom stereocenters. The number of piperidine rings is 1. The van der Waals surface area contributed by atoms with Crippen molar-refractivity contribution in [3.05, 3.63) is 18.7 Å². The molecule has 1 N–H and O–H groups in total. The van der Waals surface area contributed by atoms with Crippen LogP contribution in [0.5, 0.6) is 0 Å². The highest BCUT2D eigenvalue weighted by Crippen LogP contribution is 2.20. The number of likely N-dealkylation sites (tertiary alicyclic amines) is 2. The molecule has 0 aromatic carbocycles. The lowest BCUT2D eigenvalue weighted by atomic mass is 9.96. The molecule has 0 aliphatic carbocycles. The zero-order valence-corrected chi connectivity index (χ0v) is 14.4. The molecule has 7 heteroatoms. The molecule has 1 aromatic heterocycles. The number of aromatic nitrogens is 2. The van der Waals surface area contributed by atoms with E-state index in [0.717, 1.165) is 45.3 Å². The van der Waals surface area contributed by atoms with Crippen LogP contribution in [0, 0.1) is 5.92 Å². The Bertz CT molecular complexity index is 545. The second-order valence-electron chi connectivity index (χ2n) is 6.91. The van der Waals surface area contributed by atoms with Crippen molar-refractivity contribution >= 4 is 11.9 Å². The van der Waals surface area contributed by atoms with Crippen LogP contribution in [-0.2, 0) is 11.3 Å². The summed E-state index contributed by atoms with van der Waals surface area (Å²) in [6.07, 6.45) is 9.11. The molecule has 0 spiro atoms. The van der Waals surface area contributed by atoms with E-state index in [0.29, 0.717) is 13.1 Å². The molecule has 2 aliphatic heterocycles. The van der Waals surface area contributed by atoms with E-state index >= 15 is 0 Å². The molecule has 1 aromatic rings. The van der Waals surface area contributed by atoms with Gasteiger partial charge in [0.2, 0.25) is 5.91 Å². The van der Waals surface area contributed by atoms with Crippen molar-refractivity contribution in [1.29, 1.82) is 0 Å². The number of rotatable bonds is 4. The molecule has 0 unspecified atom stereocenters. The van der Waals surface area contributed by atoms with Gasteiger partial charge in [-0.15, -0.1) is 0 Å². The smallest absolute Gasteiger partial charge is 0.319 e. The average Bonchev–Trinajstić information content (AvgIpc) is 3.27. The number of hydrogen-bond donors (Lipinski definition) is 1. The summed E-state index contributed by atoms with van der Waals surface area (Å²) in [4.78, 5) is 32.7. The van der Waals surface area contributed by atoms with Gasteiger partial charge >= 0.3 is 6.03 Å². The maximum absolute atomic E-state index is 12.4. The maximum Gasteiger partial charge on any atom is 0.319 e. The molecule has 0 radical (unpaired) electrons. The van der Waals surface area contributed by atoms with Crippen LogP contribution in [0.3, 0.4) is 0 Å². The zero-order chi connectivity index (χ0) is 16.9. The van der Waals surface area contributed by atoms with E-state index in [1.54, 1.807) is 12.5 Å². The largest absolute Gasteiger partial charge is 0.352 e. The number of nitrogens with one attached hydrogen (secondary N) is 1. The Labute approximate surface area is 143 Å². The van der Waals surface area contributed by atoms with Gasteiger partial charge in [0.1, 0.15) is 0 Å². The quantitative estimate of drug-likeness (QED) is 0.903. The molecule has 2 fully saturated rings. The number of nitrogens with zero attached hydrogens (tertiary/aromatic N) is 4. The molecule has 3 amide bonds. The van der Waals surface area contributed by atoms with Crippen LogP contribution in [0.4, 0.5) is 4.79 Å². The van der Waals surface area contributed by atoms with Gasteiger partial charge in [0.25, 0.3) is 0 Å². The van der Waals surface area contributed by atoms with Crippen molar-refractivity contribution in [1.82, 2.24) is 24.7 Å². The second kappa shape index (κ2) is 7.68. The van der Waals surface area contributed by atoms with Gasteiger partial charge in [-0.2, -0.15) is 0 Å². The van der Waals surface area contributed by atoms with Crippen LogP contribution in [-0.4, -0.2) is 63.5 Å². The first kappa shape index (κ1) is 16.8. The lowest BCUT2D eigenvalue weighted by molar-refractivity contribution is -0.127. The Morgan fingerprint density at radius 2 is 1.83 bits per heavy atom. The summed E-state index contributed by atoms with van der Waals surface area (Å²) < 4.78 is 1.96. The van der Waals surface area contributed by atoms with Gasteiger partial charge < -0.3 is 19.7 Å². The maximum atomic E-state index is 12.4. The van der Waals surface area contributed by atoms with Crippen LogP contribution >= 0.6 is 0 Å². The van der Waals surface area contributed by atoms with Crippen LogP contribution < -0.4 is 5.32 Å². The van der Waals surface area contributed by atoms with Crippen molar-refractivity contribution in [3.63, 3.8) is 0 Å². The van der Waals surface area contributed by atoms with Crippen molar-refractivity contribution in [2.45, 2.75) is 45.2 Å². The molecule has 3 rings (SSSR count). The third-order valence-corrected chi connectivity index (χ3v) is 4.95. The first-order valence-electron chi connectivity index (χ1n) is 8.93. The fourth-order valence-electron chi connectivity index (χ4n) is 3.56. The minimum atomic E-state index is 0.0119. The summed E-state index contributed by atoms with van der Waals surface area (Å²) in [6.45, 7) is 5.85. The number of amides is 3. The normalized spacial score (nSPS) is 20.2. The lowest BCUT2D eigenvalue weighted by Gasteiger charge is -2.34. The van der Waals surface area contributed by atoms with Gasteiger partial charge in [-0.25, -0.2) is 9.78 Å². The Morgan fingerprint density at radius 3 is 2.46 bits per heavy atom. The van der Waals surface area contributed by atoms with E-state index in [1.165, 1.54) is 0 Å². The standard InChI is InChI=1S/C17H27N5O2/c1-14(12-20-11-6-18-13-20)19-16(23)15-4-9-22(10-5-15)17(24)21-7-2-3-8-21/h6,11,13-15H,2-5,7-10,12H2,1H3,(H,19,23)/t14-/m0/s1. The fourth-order valence-corrected chi connectivity index (χ4v) is 3.56. The number of hydrogen-bond acceptors (Lipinski definition) is 3. The third-order valence-electron chi connectivity index (χ3n) is 4.95. The Hall–Kier alpha value is -2.05. The van der Waals surface area contributed by atoms with Gasteiger partial charge in [-0.1, -0.05) is 0 Å². The summed E-state index contributed by atoms with van der Waals surface area (Å²) in [7, 11) is 0. The predicted octanol–water partition coefficient (Wildman–Crippen LogP) is 1.32. The van der Waals surface area contributed by atoms with E-state index in [9.17, 15) is 9.59 Å².